The van der Waals surface area contributed by atoms with Crippen LogP contribution in [0.15, 0.2) is 43.4 Å². The molecule has 2 aromatic heterocycles. The number of aryl methyl sites for hydroxylation is 2. The molecule has 0 atom stereocenters. The van der Waals surface area contributed by atoms with Crippen LogP contribution in [0.5, 0.6) is 0 Å². The molecule has 1 aliphatic carbocycles. The normalized spacial score (nSPS) is 14.0. The van der Waals surface area contributed by atoms with Crippen molar-refractivity contribution in [1.29, 1.82) is 0 Å². The highest BCUT2D eigenvalue weighted by Crippen LogP contribution is 2.37. The van der Waals surface area contributed by atoms with Gasteiger partial charge in [0.2, 0.25) is 0 Å². The monoisotopic (exact) mass is 320 g/mol. The molecule has 1 aliphatic rings. The van der Waals surface area contributed by atoms with E-state index in [-0.39, 0.29) is 0 Å². The molecule has 6 heteroatoms. The van der Waals surface area contributed by atoms with Crippen LogP contribution in [-0.2, 0) is 12.8 Å². The van der Waals surface area contributed by atoms with E-state index in [0.717, 1.165) is 48.1 Å². The average Bonchev–Trinajstić information content (AvgIpc) is 3.36. The second-order valence-corrected chi connectivity index (χ2v) is 6.09. The lowest BCUT2D eigenvalue weighted by molar-refractivity contribution is 0.643. The van der Waals surface area contributed by atoms with Crippen LogP contribution in [0.3, 0.4) is 0 Å². The van der Waals surface area contributed by atoms with Gasteiger partial charge in [0.05, 0.1) is 17.1 Å². The van der Waals surface area contributed by atoms with Gasteiger partial charge in [-0.05, 0) is 43.5 Å². The smallest absolute Gasteiger partial charge is 0.163 e. The Bertz CT molecular complexity index is 894. The molecule has 2 heterocycles. The summed E-state index contributed by atoms with van der Waals surface area (Å²) in [6.07, 6.45) is 7.19. The third kappa shape index (κ3) is 2.60. The Morgan fingerprint density at radius 2 is 2.08 bits per heavy atom. The lowest BCUT2D eigenvalue weighted by Gasteiger charge is -2.08. The number of fused-ring (bicyclic) bond motifs is 1. The van der Waals surface area contributed by atoms with Gasteiger partial charge in [-0.3, -0.25) is 0 Å². The second kappa shape index (κ2) is 5.96. The van der Waals surface area contributed by atoms with Crippen molar-refractivity contribution in [2.75, 3.05) is 11.1 Å². The zero-order valence-electron chi connectivity index (χ0n) is 13.4. The molecular weight excluding hydrogens is 300 g/mol. The quantitative estimate of drug-likeness (QED) is 0.729. The highest BCUT2D eigenvalue weighted by Gasteiger charge is 2.28. The Kier molecular flexibility index (Phi) is 3.65. The van der Waals surface area contributed by atoms with E-state index in [1.54, 1.807) is 6.20 Å². The number of benzene rings is 1. The molecule has 4 rings (SSSR count). The summed E-state index contributed by atoms with van der Waals surface area (Å²) in [4.78, 5) is 8.56. The molecule has 24 heavy (non-hydrogen) atoms. The minimum Gasteiger partial charge on any atom is -0.383 e. The maximum Gasteiger partial charge on any atom is 0.163 e. The molecule has 0 radical (unpaired) electrons. The number of rotatable bonds is 6. The SMILES string of the molecule is C=CNc1ccccc1CCc1nn(C2CC2)c2ncnc(N)c12. The van der Waals surface area contributed by atoms with Crippen molar-refractivity contribution in [2.24, 2.45) is 0 Å². The summed E-state index contributed by atoms with van der Waals surface area (Å²) in [6.45, 7) is 3.74. The lowest BCUT2D eigenvalue weighted by Crippen LogP contribution is -2.00. The fraction of sp³-hybridized carbons (Fsp3) is 0.278. The maximum absolute atomic E-state index is 6.11. The van der Waals surface area contributed by atoms with Gasteiger partial charge >= 0.3 is 0 Å². The predicted octanol–water partition coefficient (Wildman–Crippen LogP) is 3.08. The van der Waals surface area contributed by atoms with Crippen LogP contribution in [0.2, 0.25) is 0 Å². The summed E-state index contributed by atoms with van der Waals surface area (Å²) in [5.74, 6) is 0.513. The van der Waals surface area contributed by atoms with Crippen LogP contribution in [-0.4, -0.2) is 19.7 Å². The van der Waals surface area contributed by atoms with Gasteiger partial charge in [-0.1, -0.05) is 24.8 Å². The average molecular weight is 320 g/mol. The number of para-hydroxylation sites is 1. The van der Waals surface area contributed by atoms with E-state index < -0.39 is 0 Å². The largest absolute Gasteiger partial charge is 0.383 e. The van der Waals surface area contributed by atoms with E-state index in [4.69, 9.17) is 10.8 Å². The number of nitrogen functional groups attached to an aromatic ring is 1. The summed E-state index contributed by atoms with van der Waals surface area (Å²) in [5, 5.41) is 8.88. The zero-order chi connectivity index (χ0) is 16.5. The molecule has 0 spiro atoms. The van der Waals surface area contributed by atoms with E-state index >= 15 is 0 Å². The highest BCUT2D eigenvalue weighted by atomic mass is 15.3. The number of hydrogen-bond donors (Lipinski definition) is 2. The van der Waals surface area contributed by atoms with E-state index in [1.807, 2.05) is 16.8 Å². The molecule has 0 unspecified atom stereocenters. The molecule has 1 aromatic carbocycles. The number of aromatic nitrogens is 4. The summed E-state index contributed by atoms with van der Waals surface area (Å²) in [6, 6.07) is 8.69. The number of nitrogens with two attached hydrogens (primary N) is 1. The van der Waals surface area contributed by atoms with Gasteiger partial charge in [-0.25, -0.2) is 14.6 Å². The van der Waals surface area contributed by atoms with Crippen LogP contribution in [0.25, 0.3) is 11.0 Å². The second-order valence-electron chi connectivity index (χ2n) is 6.09. The molecule has 1 saturated carbocycles. The zero-order valence-corrected chi connectivity index (χ0v) is 13.4. The third-order valence-corrected chi connectivity index (χ3v) is 4.39. The number of hydrogen-bond acceptors (Lipinski definition) is 5. The first-order chi connectivity index (χ1) is 11.8. The Balaban J connectivity index is 1.67. The van der Waals surface area contributed by atoms with Crippen molar-refractivity contribution in [3.63, 3.8) is 0 Å². The first-order valence-corrected chi connectivity index (χ1v) is 8.21. The Hall–Kier alpha value is -2.89. The molecule has 0 amide bonds. The Labute approximate surface area is 140 Å². The van der Waals surface area contributed by atoms with Gasteiger partial charge in [0.25, 0.3) is 0 Å². The first kappa shape index (κ1) is 14.7. The summed E-state index contributed by atoms with van der Waals surface area (Å²) >= 11 is 0. The van der Waals surface area contributed by atoms with E-state index in [2.05, 4.69) is 34.0 Å². The van der Waals surface area contributed by atoms with Crippen molar-refractivity contribution < 1.29 is 0 Å². The van der Waals surface area contributed by atoms with Gasteiger partial charge in [-0.15, -0.1) is 0 Å². The predicted molar refractivity (Wildman–Crippen MR) is 95.7 cm³/mol. The molecule has 3 N–H and O–H groups in total. The number of nitrogens with zero attached hydrogens (tertiary/aromatic N) is 4. The topological polar surface area (TPSA) is 81.7 Å². The van der Waals surface area contributed by atoms with Crippen LogP contribution < -0.4 is 11.1 Å². The standard InChI is InChI=1S/C18H20N6/c1-2-20-14-6-4-3-5-12(14)7-10-15-16-17(19)21-11-22-18(16)24(23-15)13-8-9-13/h2-6,11,13,20H,1,7-10H2,(H2,19,21,22). The van der Waals surface area contributed by atoms with Gasteiger partial charge in [0.15, 0.2) is 5.65 Å². The Morgan fingerprint density at radius 3 is 2.88 bits per heavy atom. The van der Waals surface area contributed by atoms with Crippen molar-refractivity contribution >= 4 is 22.5 Å². The molecule has 122 valence electrons. The summed E-state index contributed by atoms with van der Waals surface area (Å²) < 4.78 is 2.02. The molecular formula is C18H20N6. The summed E-state index contributed by atoms with van der Waals surface area (Å²) in [7, 11) is 0. The number of anilines is 2. The molecule has 0 bridgehead atoms. The van der Waals surface area contributed by atoms with Gasteiger partial charge < -0.3 is 11.1 Å². The van der Waals surface area contributed by atoms with E-state index in [9.17, 15) is 0 Å². The maximum atomic E-state index is 6.11. The first-order valence-electron chi connectivity index (χ1n) is 8.21. The fourth-order valence-electron chi connectivity index (χ4n) is 3.06. The molecule has 0 saturated heterocycles. The van der Waals surface area contributed by atoms with Gasteiger partial charge in [0, 0.05) is 5.69 Å². The van der Waals surface area contributed by atoms with Crippen molar-refractivity contribution in [3.8, 4) is 0 Å². The Morgan fingerprint density at radius 1 is 1.25 bits per heavy atom. The van der Waals surface area contributed by atoms with Crippen LogP contribution >= 0.6 is 0 Å². The van der Waals surface area contributed by atoms with Crippen molar-refractivity contribution in [3.05, 3.63) is 54.6 Å². The molecule has 6 nitrogen and oxygen atoms in total. The van der Waals surface area contributed by atoms with Gasteiger partial charge in [-0.2, -0.15) is 5.10 Å². The van der Waals surface area contributed by atoms with Crippen LogP contribution in [0, 0.1) is 0 Å². The molecule has 0 aliphatic heterocycles. The van der Waals surface area contributed by atoms with Crippen molar-refractivity contribution in [1.82, 2.24) is 19.7 Å². The van der Waals surface area contributed by atoms with Crippen LogP contribution in [0.1, 0.15) is 30.1 Å². The fourth-order valence-corrected chi connectivity index (χ4v) is 3.06. The van der Waals surface area contributed by atoms with E-state index in [0.29, 0.717) is 11.9 Å². The minimum absolute atomic E-state index is 0.463. The number of nitrogens with one attached hydrogen (secondary N) is 1. The molecule has 3 aromatic rings. The lowest BCUT2D eigenvalue weighted by atomic mass is 10.0. The highest BCUT2D eigenvalue weighted by molar-refractivity contribution is 5.88. The molecule has 1 fully saturated rings. The summed E-state index contributed by atoms with van der Waals surface area (Å²) in [5.41, 5.74) is 10.2. The minimum atomic E-state index is 0.463. The van der Waals surface area contributed by atoms with Crippen LogP contribution in [0.4, 0.5) is 11.5 Å². The third-order valence-electron chi connectivity index (χ3n) is 4.39. The van der Waals surface area contributed by atoms with E-state index in [1.165, 1.54) is 11.9 Å². The van der Waals surface area contributed by atoms with Crippen molar-refractivity contribution in [2.45, 2.75) is 31.7 Å². The van der Waals surface area contributed by atoms with Gasteiger partial charge in [0.1, 0.15) is 12.1 Å².